The van der Waals surface area contributed by atoms with E-state index in [1.54, 1.807) is 17.0 Å². The maximum absolute atomic E-state index is 13.5. The summed E-state index contributed by atoms with van der Waals surface area (Å²) in [7, 11) is 3.29. The molecule has 5 nitrogen and oxygen atoms in total. The molecule has 0 N–H and O–H groups in total. The molecule has 0 aromatic heterocycles. The summed E-state index contributed by atoms with van der Waals surface area (Å²) in [6.45, 7) is 3.20. The quantitative estimate of drug-likeness (QED) is 0.843. The average molecular weight is 308 g/mol. The smallest absolute Gasteiger partial charge is 0.248 e. The molecule has 22 heavy (non-hydrogen) atoms. The molecular formula is C16H21FN2O3. The Kier molecular flexibility index (Phi) is 4.06. The molecule has 1 amide bonds. The Hall–Kier alpha value is -1.66. The largest absolute Gasteiger partial charge is 0.494 e. The molecule has 1 spiro atoms. The summed E-state index contributed by atoms with van der Waals surface area (Å²) in [4.78, 5) is 15.6. The Morgan fingerprint density at radius 2 is 2.23 bits per heavy atom. The van der Waals surface area contributed by atoms with Crippen molar-refractivity contribution in [2.75, 3.05) is 40.4 Å². The van der Waals surface area contributed by atoms with Crippen LogP contribution in [0.3, 0.4) is 0 Å². The van der Waals surface area contributed by atoms with Gasteiger partial charge in [0, 0.05) is 26.7 Å². The lowest BCUT2D eigenvalue weighted by Gasteiger charge is -2.38. The van der Waals surface area contributed by atoms with Gasteiger partial charge in [0.05, 0.1) is 13.7 Å². The van der Waals surface area contributed by atoms with Crippen molar-refractivity contribution in [3.63, 3.8) is 0 Å². The third-order valence-electron chi connectivity index (χ3n) is 4.47. The highest BCUT2D eigenvalue weighted by Crippen LogP contribution is 2.30. The van der Waals surface area contributed by atoms with Gasteiger partial charge in [-0.15, -0.1) is 0 Å². The standard InChI is InChI=1S/C16H21FN2O3/c1-18-10-16(22-9-15(18)20)5-6-19(11-16)8-12-3-4-13(17)14(7-12)21-2/h3-4,7H,5-6,8-11H2,1-2H3/t16-/m1/s1. The number of likely N-dealkylation sites (N-methyl/N-ethyl adjacent to an activating group) is 1. The van der Waals surface area contributed by atoms with Crippen molar-refractivity contribution in [3.8, 4) is 5.75 Å². The van der Waals surface area contributed by atoms with Crippen LogP contribution in [0.1, 0.15) is 12.0 Å². The molecule has 6 heteroatoms. The number of methoxy groups -OCH3 is 1. The number of nitrogens with zero attached hydrogens (tertiary/aromatic N) is 2. The molecule has 0 saturated carbocycles. The third-order valence-corrected chi connectivity index (χ3v) is 4.47. The first-order valence-electron chi connectivity index (χ1n) is 7.44. The molecule has 0 unspecified atom stereocenters. The predicted molar refractivity (Wildman–Crippen MR) is 79.2 cm³/mol. The second-order valence-corrected chi connectivity index (χ2v) is 6.15. The Labute approximate surface area is 129 Å². The van der Waals surface area contributed by atoms with Crippen molar-refractivity contribution in [1.82, 2.24) is 9.80 Å². The van der Waals surface area contributed by atoms with Crippen LogP contribution < -0.4 is 4.74 Å². The number of likely N-dealkylation sites (tertiary alicyclic amines) is 1. The van der Waals surface area contributed by atoms with Gasteiger partial charge in [-0.2, -0.15) is 0 Å². The van der Waals surface area contributed by atoms with Crippen molar-refractivity contribution in [1.29, 1.82) is 0 Å². The van der Waals surface area contributed by atoms with E-state index in [9.17, 15) is 9.18 Å². The molecule has 120 valence electrons. The van der Waals surface area contributed by atoms with Gasteiger partial charge in [-0.05, 0) is 24.1 Å². The number of ether oxygens (including phenoxy) is 2. The first-order valence-corrected chi connectivity index (χ1v) is 7.44. The van der Waals surface area contributed by atoms with Gasteiger partial charge in [0.2, 0.25) is 5.91 Å². The van der Waals surface area contributed by atoms with E-state index in [4.69, 9.17) is 9.47 Å². The van der Waals surface area contributed by atoms with Crippen molar-refractivity contribution >= 4 is 5.91 Å². The van der Waals surface area contributed by atoms with Gasteiger partial charge in [-0.3, -0.25) is 9.69 Å². The summed E-state index contributed by atoms with van der Waals surface area (Å²) < 4.78 is 24.3. The summed E-state index contributed by atoms with van der Waals surface area (Å²) in [6.07, 6.45) is 0.906. The molecule has 0 radical (unpaired) electrons. The molecule has 0 aliphatic carbocycles. The molecule has 2 saturated heterocycles. The minimum atomic E-state index is -0.347. The third kappa shape index (κ3) is 2.94. The Balaban J connectivity index is 1.65. The summed E-state index contributed by atoms with van der Waals surface area (Å²) in [6, 6.07) is 4.95. The van der Waals surface area contributed by atoms with Crippen LogP contribution >= 0.6 is 0 Å². The van der Waals surface area contributed by atoms with E-state index in [-0.39, 0.29) is 29.7 Å². The van der Waals surface area contributed by atoms with Crippen molar-refractivity contribution in [2.24, 2.45) is 0 Å². The fourth-order valence-electron chi connectivity index (χ4n) is 3.26. The van der Waals surface area contributed by atoms with E-state index in [1.807, 2.05) is 7.05 Å². The minimum absolute atomic E-state index is 0.0346. The van der Waals surface area contributed by atoms with Crippen LogP contribution in [0.25, 0.3) is 0 Å². The van der Waals surface area contributed by atoms with Gasteiger partial charge in [0.15, 0.2) is 11.6 Å². The highest BCUT2D eigenvalue weighted by molar-refractivity contribution is 5.78. The molecule has 2 fully saturated rings. The van der Waals surface area contributed by atoms with Crippen molar-refractivity contribution in [2.45, 2.75) is 18.6 Å². The van der Waals surface area contributed by atoms with Crippen LogP contribution in [-0.4, -0.2) is 61.7 Å². The van der Waals surface area contributed by atoms with Crippen LogP contribution in [0.15, 0.2) is 18.2 Å². The molecule has 2 aliphatic rings. The van der Waals surface area contributed by atoms with Gasteiger partial charge >= 0.3 is 0 Å². The van der Waals surface area contributed by atoms with Crippen molar-refractivity contribution in [3.05, 3.63) is 29.6 Å². The summed E-state index contributed by atoms with van der Waals surface area (Å²) in [5, 5.41) is 0. The normalized spacial score (nSPS) is 26.0. The average Bonchev–Trinajstić information content (AvgIpc) is 2.88. The second-order valence-electron chi connectivity index (χ2n) is 6.15. The van der Waals surface area contributed by atoms with E-state index in [1.165, 1.54) is 13.2 Å². The highest BCUT2D eigenvalue weighted by atomic mass is 19.1. The van der Waals surface area contributed by atoms with Gasteiger partial charge in [-0.1, -0.05) is 6.07 Å². The van der Waals surface area contributed by atoms with E-state index < -0.39 is 0 Å². The van der Waals surface area contributed by atoms with Gasteiger partial charge < -0.3 is 14.4 Å². The Morgan fingerprint density at radius 3 is 2.95 bits per heavy atom. The zero-order valence-electron chi connectivity index (χ0n) is 13.0. The maximum atomic E-state index is 13.5. The minimum Gasteiger partial charge on any atom is -0.494 e. The molecular weight excluding hydrogens is 287 g/mol. The summed E-state index contributed by atoms with van der Waals surface area (Å²) in [5.74, 6) is -0.0436. The molecule has 3 rings (SSSR count). The predicted octanol–water partition coefficient (Wildman–Crippen LogP) is 1.27. The number of benzene rings is 1. The second kappa shape index (κ2) is 5.85. The maximum Gasteiger partial charge on any atom is 0.248 e. The van der Waals surface area contributed by atoms with Crippen LogP contribution in [0.2, 0.25) is 0 Å². The van der Waals surface area contributed by atoms with Crippen LogP contribution in [0.5, 0.6) is 5.75 Å². The van der Waals surface area contributed by atoms with Gasteiger partial charge in [-0.25, -0.2) is 4.39 Å². The molecule has 2 aliphatic heterocycles. The zero-order chi connectivity index (χ0) is 15.7. The molecule has 2 heterocycles. The lowest BCUT2D eigenvalue weighted by molar-refractivity contribution is -0.159. The number of rotatable bonds is 3. The topological polar surface area (TPSA) is 42.0 Å². The molecule has 0 bridgehead atoms. The SMILES string of the molecule is COc1cc(CN2CC[C@]3(C2)CN(C)C(=O)CO3)ccc1F. The van der Waals surface area contributed by atoms with Crippen LogP contribution in [-0.2, 0) is 16.1 Å². The van der Waals surface area contributed by atoms with Gasteiger partial charge in [0.1, 0.15) is 12.2 Å². The van der Waals surface area contributed by atoms with Crippen LogP contribution in [0, 0.1) is 5.82 Å². The molecule has 1 atom stereocenters. The van der Waals surface area contributed by atoms with E-state index in [2.05, 4.69) is 4.90 Å². The highest BCUT2D eigenvalue weighted by Gasteiger charge is 2.43. The van der Waals surface area contributed by atoms with E-state index >= 15 is 0 Å². The zero-order valence-corrected chi connectivity index (χ0v) is 13.0. The number of carbonyl (C=O) groups is 1. The number of amides is 1. The van der Waals surface area contributed by atoms with E-state index in [0.717, 1.165) is 31.6 Å². The lowest BCUT2D eigenvalue weighted by atomic mass is 10.0. The monoisotopic (exact) mass is 308 g/mol. The number of morpholine rings is 1. The molecule has 1 aromatic carbocycles. The first-order chi connectivity index (χ1) is 10.5. The first kappa shape index (κ1) is 15.2. The van der Waals surface area contributed by atoms with Crippen molar-refractivity contribution < 1.29 is 18.7 Å². The Morgan fingerprint density at radius 1 is 1.41 bits per heavy atom. The molecule has 1 aromatic rings. The lowest BCUT2D eigenvalue weighted by Crippen LogP contribution is -2.54. The van der Waals surface area contributed by atoms with Gasteiger partial charge in [0.25, 0.3) is 0 Å². The fourth-order valence-corrected chi connectivity index (χ4v) is 3.26. The number of halogens is 1. The van der Waals surface area contributed by atoms with E-state index in [0.29, 0.717) is 6.54 Å². The summed E-state index contributed by atoms with van der Waals surface area (Å²) >= 11 is 0. The fraction of sp³-hybridized carbons (Fsp3) is 0.562. The van der Waals surface area contributed by atoms with Crippen LogP contribution in [0.4, 0.5) is 4.39 Å². The Bertz CT molecular complexity index is 581. The number of hydrogen-bond donors (Lipinski definition) is 0. The number of carbonyl (C=O) groups excluding carboxylic acids is 1. The number of hydrogen-bond acceptors (Lipinski definition) is 4. The summed E-state index contributed by atoms with van der Waals surface area (Å²) in [5.41, 5.74) is 0.753.